The summed E-state index contributed by atoms with van der Waals surface area (Å²) in [5.41, 5.74) is 0.622. The lowest BCUT2D eigenvalue weighted by Gasteiger charge is -2.13. The maximum absolute atomic E-state index is 12.1. The van der Waals surface area contributed by atoms with Gasteiger partial charge in [-0.05, 0) is 57.2 Å². The Balaban J connectivity index is 1.91. The van der Waals surface area contributed by atoms with Crippen LogP contribution in [0.4, 0.5) is 5.69 Å². The van der Waals surface area contributed by atoms with Crippen molar-refractivity contribution in [3.8, 4) is 23.0 Å². The number of nitrogens with one attached hydrogen (secondary N) is 1. The molecule has 0 fully saturated rings. The Hall–Kier alpha value is -2.89. The summed E-state index contributed by atoms with van der Waals surface area (Å²) in [6.45, 7) is 7.29. The second kappa shape index (κ2) is 10.2. The van der Waals surface area contributed by atoms with Crippen molar-refractivity contribution in [2.24, 2.45) is 0 Å². The van der Waals surface area contributed by atoms with Gasteiger partial charge in [0.1, 0.15) is 11.5 Å². The third-order valence-corrected chi connectivity index (χ3v) is 3.33. The van der Waals surface area contributed by atoms with E-state index in [9.17, 15) is 4.79 Å². The van der Waals surface area contributed by atoms with Crippen molar-refractivity contribution in [2.75, 3.05) is 31.7 Å². The van der Waals surface area contributed by atoms with E-state index in [-0.39, 0.29) is 12.5 Å². The fourth-order valence-corrected chi connectivity index (χ4v) is 2.27. The molecule has 2 aromatic carbocycles. The fraction of sp³-hybridized carbons (Fsp3) is 0.350. The van der Waals surface area contributed by atoms with Crippen LogP contribution in [0.15, 0.2) is 42.5 Å². The molecule has 0 unspecified atom stereocenters. The molecule has 26 heavy (non-hydrogen) atoms. The lowest BCUT2D eigenvalue weighted by molar-refractivity contribution is -0.118. The minimum Gasteiger partial charge on any atom is -0.494 e. The van der Waals surface area contributed by atoms with Gasteiger partial charge in [-0.3, -0.25) is 4.79 Å². The van der Waals surface area contributed by atoms with Crippen molar-refractivity contribution >= 4 is 11.6 Å². The van der Waals surface area contributed by atoms with E-state index in [1.807, 2.05) is 20.8 Å². The third kappa shape index (κ3) is 5.88. The van der Waals surface area contributed by atoms with Crippen molar-refractivity contribution in [2.45, 2.75) is 20.8 Å². The van der Waals surface area contributed by atoms with Crippen molar-refractivity contribution in [3.63, 3.8) is 0 Å². The topological polar surface area (TPSA) is 66.0 Å². The zero-order chi connectivity index (χ0) is 18.8. The number of carbonyl (C=O) groups is 1. The average Bonchev–Trinajstić information content (AvgIpc) is 2.64. The van der Waals surface area contributed by atoms with E-state index in [2.05, 4.69) is 5.32 Å². The van der Waals surface area contributed by atoms with Gasteiger partial charge in [-0.25, -0.2) is 0 Å². The summed E-state index contributed by atoms with van der Waals surface area (Å²) in [5.74, 6) is 2.36. The lowest BCUT2D eigenvalue weighted by Crippen LogP contribution is -2.20. The van der Waals surface area contributed by atoms with E-state index >= 15 is 0 Å². The van der Waals surface area contributed by atoms with E-state index < -0.39 is 0 Å². The minimum absolute atomic E-state index is 0.0921. The second-order valence-corrected chi connectivity index (χ2v) is 5.27. The van der Waals surface area contributed by atoms with Crippen LogP contribution in [0.5, 0.6) is 23.0 Å². The Labute approximate surface area is 154 Å². The average molecular weight is 359 g/mol. The fourth-order valence-electron chi connectivity index (χ4n) is 2.27. The molecule has 140 valence electrons. The van der Waals surface area contributed by atoms with Gasteiger partial charge in [0, 0.05) is 11.8 Å². The first kappa shape index (κ1) is 19.4. The molecule has 1 amide bonds. The molecule has 0 aliphatic rings. The highest BCUT2D eigenvalue weighted by Crippen LogP contribution is 2.30. The van der Waals surface area contributed by atoms with Crippen LogP contribution in [0.25, 0.3) is 0 Å². The molecule has 1 N–H and O–H groups in total. The molecule has 0 saturated heterocycles. The zero-order valence-electron chi connectivity index (χ0n) is 15.4. The zero-order valence-corrected chi connectivity index (χ0v) is 15.4. The molecule has 0 aromatic heterocycles. The molecule has 0 bridgehead atoms. The van der Waals surface area contributed by atoms with Crippen LogP contribution in [0.1, 0.15) is 20.8 Å². The van der Waals surface area contributed by atoms with Crippen LogP contribution in [0.3, 0.4) is 0 Å². The molecule has 0 atom stereocenters. The standard InChI is InChI=1S/C20H25NO5/c1-4-23-16-8-10-17(11-9-16)26-14-20(22)21-15-7-12-18(24-5-2)19(13-15)25-6-3/h7-13H,4-6,14H2,1-3H3,(H,21,22). The molecule has 6 nitrogen and oxygen atoms in total. The van der Waals surface area contributed by atoms with Crippen molar-refractivity contribution < 1.29 is 23.7 Å². The first-order chi connectivity index (χ1) is 12.7. The van der Waals surface area contributed by atoms with Crippen molar-refractivity contribution in [3.05, 3.63) is 42.5 Å². The maximum Gasteiger partial charge on any atom is 0.262 e. The smallest absolute Gasteiger partial charge is 0.262 e. The summed E-state index contributed by atoms with van der Waals surface area (Å²) < 4.78 is 21.9. The van der Waals surface area contributed by atoms with Gasteiger partial charge >= 0.3 is 0 Å². The molecule has 6 heteroatoms. The van der Waals surface area contributed by atoms with Crippen LogP contribution in [-0.4, -0.2) is 32.3 Å². The molecule has 0 radical (unpaired) electrons. The van der Waals surface area contributed by atoms with Crippen LogP contribution in [0, 0.1) is 0 Å². The monoisotopic (exact) mass is 359 g/mol. The van der Waals surface area contributed by atoms with E-state index in [0.717, 1.165) is 5.75 Å². The van der Waals surface area contributed by atoms with Crippen LogP contribution >= 0.6 is 0 Å². The molecule has 0 aliphatic carbocycles. The summed E-state index contributed by atoms with van der Waals surface area (Å²) in [7, 11) is 0. The highest BCUT2D eigenvalue weighted by molar-refractivity contribution is 5.92. The number of ether oxygens (including phenoxy) is 4. The summed E-state index contributed by atoms with van der Waals surface area (Å²) in [5, 5.41) is 2.79. The highest BCUT2D eigenvalue weighted by atomic mass is 16.5. The van der Waals surface area contributed by atoms with E-state index in [0.29, 0.717) is 42.8 Å². The Morgan fingerprint density at radius 1 is 0.769 bits per heavy atom. The van der Waals surface area contributed by atoms with Gasteiger partial charge in [-0.1, -0.05) is 0 Å². The normalized spacial score (nSPS) is 10.1. The SMILES string of the molecule is CCOc1ccc(OCC(=O)Nc2ccc(OCC)c(OCC)c2)cc1. The Bertz CT molecular complexity index is 700. The molecule has 2 aromatic rings. The Morgan fingerprint density at radius 2 is 1.35 bits per heavy atom. The van der Waals surface area contributed by atoms with Gasteiger partial charge in [-0.2, -0.15) is 0 Å². The quantitative estimate of drug-likeness (QED) is 0.697. The number of benzene rings is 2. The maximum atomic E-state index is 12.1. The summed E-state index contributed by atoms with van der Waals surface area (Å²) in [6, 6.07) is 12.4. The minimum atomic E-state index is -0.259. The van der Waals surface area contributed by atoms with E-state index in [4.69, 9.17) is 18.9 Å². The Kier molecular flexibility index (Phi) is 7.61. The number of rotatable bonds is 10. The van der Waals surface area contributed by atoms with Gasteiger partial charge in [-0.15, -0.1) is 0 Å². The second-order valence-electron chi connectivity index (χ2n) is 5.27. The van der Waals surface area contributed by atoms with Gasteiger partial charge < -0.3 is 24.3 Å². The van der Waals surface area contributed by atoms with Crippen LogP contribution in [0.2, 0.25) is 0 Å². The number of anilines is 1. The number of amides is 1. The van der Waals surface area contributed by atoms with Crippen molar-refractivity contribution in [1.82, 2.24) is 0 Å². The molecular weight excluding hydrogens is 334 g/mol. The summed E-state index contributed by atoms with van der Waals surface area (Å²) in [6.07, 6.45) is 0. The van der Waals surface area contributed by atoms with Crippen molar-refractivity contribution in [1.29, 1.82) is 0 Å². The summed E-state index contributed by atoms with van der Waals surface area (Å²) >= 11 is 0. The van der Waals surface area contributed by atoms with Gasteiger partial charge in [0.25, 0.3) is 5.91 Å². The van der Waals surface area contributed by atoms with E-state index in [1.54, 1.807) is 42.5 Å². The molecule has 0 aliphatic heterocycles. The van der Waals surface area contributed by atoms with Crippen LogP contribution < -0.4 is 24.3 Å². The predicted molar refractivity (Wildman–Crippen MR) is 101 cm³/mol. The first-order valence-electron chi connectivity index (χ1n) is 8.71. The first-order valence-corrected chi connectivity index (χ1v) is 8.71. The van der Waals surface area contributed by atoms with Gasteiger partial charge in [0.05, 0.1) is 19.8 Å². The Morgan fingerprint density at radius 3 is 1.96 bits per heavy atom. The number of hydrogen-bond acceptors (Lipinski definition) is 5. The molecule has 0 heterocycles. The highest BCUT2D eigenvalue weighted by Gasteiger charge is 2.09. The number of carbonyl (C=O) groups excluding carboxylic acids is 1. The summed E-state index contributed by atoms with van der Waals surface area (Å²) in [4.78, 5) is 12.1. The molecular formula is C20H25NO5. The molecule has 0 saturated carbocycles. The lowest BCUT2D eigenvalue weighted by atomic mass is 10.2. The molecule has 2 rings (SSSR count). The van der Waals surface area contributed by atoms with E-state index in [1.165, 1.54) is 0 Å². The molecule has 0 spiro atoms. The van der Waals surface area contributed by atoms with Crippen LogP contribution in [-0.2, 0) is 4.79 Å². The predicted octanol–water partition coefficient (Wildman–Crippen LogP) is 3.90. The third-order valence-electron chi connectivity index (χ3n) is 3.33. The van der Waals surface area contributed by atoms with Gasteiger partial charge in [0.2, 0.25) is 0 Å². The number of hydrogen-bond donors (Lipinski definition) is 1. The largest absolute Gasteiger partial charge is 0.494 e. The van der Waals surface area contributed by atoms with Gasteiger partial charge in [0.15, 0.2) is 18.1 Å².